The summed E-state index contributed by atoms with van der Waals surface area (Å²) in [7, 11) is 0. The molecule has 1 radical (unpaired) electrons. The first-order valence-electron chi connectivity index (χ1n) is 7.03. The molecular weight excluding hydrogens is 206 g/mol. The molecule has 0 saturated heterocycles. The van der Waals surface area contributed by atoms with Gasteiger partial charge in [0.1, 0.15) is 0 Å². The monoisotopic (exact) mass is 230 g/mol. The van der Waals surface area contributed by atoms with Crippen molar-refractivity contribution in [3.05, 3.63) is 35.9 Å². The lowest BCUT2D eigenvalue weighted by Gasteiger charge is -2.25. The Kier molecular flexibility index (Phi) is 5.06. The Morgan fingerprint density at radius 3 is 2.82 bits per heavy atom. The largest absolute Gasteiger partial charge is 0.310 e. The summed E-state index contributed by atoms with van der Waals surface area (Å²) in [5.41, 5.74) is 1.27. The molecule has 1 N–H and O–H groups in total. The first-order valence-corrected chi connectivity index (χ1v) is 7.03. The van der Waals surface area contributed by atoms with Crippen molar-refractivity contribution in [2.75, 3.05) is 0 Å². The van der Waals surface area contributed by atoms with E-state index in [0.717, 1.165) is 12.5 Å². The highest BCUT2D eigenvalue weighted by Crippen LogP contribution is 2.27. The van der Waals surface area contributed by atoms with Gasteiger partial charge in [-0.1, -0.05) is 56.4 Å². The molecule has 0 heterocycles. The van der Waals surface area contributed by atoms with E-state index in [-0.39, 0.29) is 0 Å². The van der Waals surface area contributed by atoms with Crippen molar-refractivity contribution in [2.45, 2.75) is 58.0 Å². The smallest absolute Gasteiger partial charge is 0.0214 e. The molecular formula is C16H24N. The molecule has 1 aromatic rings. The average molecular weight is 230 g/mol. The third-order valence-electron chi connectivity index (χ3n) is 3.83. The fourth-order valence-electron chi connectivity index (χ4n) is 2.83. The maximum absolute atomic E-state index is 3.61. The van der Waals surface area contributed by atoms with Gasteiger partial charge in [0.2, 0.25) is 0 Å². The summed E-state index contributed by atoms with van der Waals surface area (Å²) in [6.45, 7) is 3.27. The lowest BCUT2D eigenvalue weighted by atomic mass is 9.85. The van der Waals surface area contributed by atoms with Crippen LogP contribution in [0.2, 0.25) is 0 Å². The number of hydrogen-bond donors (Lipinski definition) is 1. The van der Waals surface area contributed by atoms with Gasteiger partial charge in [-0.25, -0.2) is 0 Å². The molecule has 0 aromatic heterocycles. The normalized spacial score (nSPS) is 19.1. The Labute approximate surface area is 106 Å². The molecule has 0 spiro atoms. The van der Waals surface area contributed by atoms with Crippen LogP contribution < -0.4 is 5.32 Å². The molecule has 1 saturated carbocycles. The van der Waals surface area contributed by atoms with Crippen LogP contribution in [-0.2, 0) is 6.54 Å². The topological polar surface area (TPSA) is 12.0 Å². The van der Waals surface area contributed by atoms with Crippen LogP contribution in [0.4, 0.5) is 0 Å². The van der Waals surface area contributed by atoms with Crippen LogP contribution in [0.3, 0.4) is 0 Å². The summed E-state index contributed by atoms with van der Waals surface area (Å²) >= 11 is 0. The Morgan fingerprint density at radius 2 is 2.12 bits per heavy atom. The van der Waals surface area contributed by atoms with Crippen molar-refractivity contribution in [3.63, 3.8) is 0 Å². The van der Waals surface area contributed by atoms with E-state index in [9.17, 15) is 0 Å². The lowest BCUT2D eigenvalue weighted by molar-refractivity contribution is 0.304. The summed E-state index contributed by atoms with van der Waals surface area (Å²) < 4.78 is 0. The van der Waals surface area contributed by atoms with Gasteiger partial charge in [-0.05, 0) is 30.9 Å². The standard InChI is InChI=1S/C16H24N/c1-14(12-15-8-4-2-5-9-15)17-13-16-10-6-3-7-11-16/h3,6-7,10,14-15,17H,2,4-5,8-9,12-13H2,1H3. The zero-order valence-electron chi connectivity index (χ0n) is 10.9. The summed E-state index contributed by atoms with van der Waals surface area (Å²) in [5, 5.41) is 3.61. The molecule has 2 rings (SSSR count). The summed E-state index contributed by atoms with van der Waals surface area (Å²) in [6, 6.07) is 12.1. The van der Waals surface area contributed by atoms with E-state index in [1.54, 1.807) is 0 Å². The van der Waals surface area contributed by atoms with Crippen molar-refractivity contribution in [1.82, 2.24) is 5.32 Å². The van der Waals surface area contributed by atoms with E-state index in [1.165, 1.54) is 44.1 Å². The van der Waals surface area contributed by atoms with Crippen LogP contribution >= 0.6 is 0 Å². The Bertz CT molecular complexity index is 301. The molecule has 0 bridgehead atoms. The van der Waals surface area contributed by atoms with E-state index >= 15 is 0 Å². The second-order valence-corrected chi connectivity index (χ2v) is 5.41. The quantitative estimate of drug-likeness (QED) is 0.808. The molecule has 1 nitrogen and oxygen atoms in total. The van der Waals surface area contributed by atoms with Crippen LogP contribution in [-0.4, -0.2) is 6.04 Å². The maximum Gasteiger partial charge on any atom is 0.0214 e. The average Bonchev–Trinajstić information content (AvgIpc) is 2.39. The minimum atomic E-state index is 0.631. The number of nitrogens with one attached hydrogen (secondary N) is 1. The van der Waals surface area contributed by atoms with Gasteiger partial charge in [-0.2, -0.15) is 0 Å². The van der Waals surface area contributed by atoms with Crippen molar-refractivity contribution in [3.8, 4) is 0 Å². The molecule has 1 aliphatic carbocycles. The molecule has 93 valence electrons. The predicted octanol–water partition coefficient (Wildman–Crippen LogP) is 3.94. The predicted molar refractivity (Wildman–Crippen MR) is 72.8 cm³/mol. The molecule has 1 unspecified atom stereocenters. The van der Waals surface area contributed by atoms with Gasteiger partial charge in [0.15, 0.2) is 0 Å². The maximum atomic E-state index is 3.61. The van der Waals surface area contributed by atoms with Gasteiger partial charge < -0.3 is 5.32 Å². The van der Waals surface area contributed by atoms with E-state index in [4.69, 9.17) is 0 Å². The minimum absolute atomic E-state index is 0.631. The number of hydrogen-bond acceptors (Lipinski definition) is 1. The molecule has 17 heavy (non-hydrogen) atoms. The van der Waals surface area contributed by atoms with Gasteiger partial charge in [0, 0.05) is 12.6 Å². The molecule has 1 fully saturated rings. The van der Waals surface area contributed by atoms with E-state index in [0.29, 0.717) is 6.04 Å². The summed E-state index contributed by atoms with van der Waals surface area (Å²) in [6.07, 6.45) is 8.59. The van der Waals surface area contributed by atoms with Crippen molar-refractivity contribution >= 4 is 0 Å². The lowest BCUT2D eigenvalue weighted by Crippen LogP contribution is -2.28. The Hall–Kier alpha value is -0.820. The zero-order chi connectivity index (χ0) is 11.9. The van der Waals surface area contributed by atoms with Crippen LogP contribution in [0.15, 0.2) is 24.3 Å². The third-order valence-corrected chi connectivity index (χ3v) is 3.83. The fraction of sp³-hybridized carbons (Fsp3) is 0.625. The van der Waals surface area contributed by atoms with E-state index in [1.807, 2.05) is 12.1 Å². The van der Waals surface area contributed by atoms with Crippen molar-refractivity contribution in [2.24, 2.45) is 5.92 Å². The van der Waals surface area contributed by atoms with Crippen molar-refractivity contribution < 1.29 is 0 Å². The van der Waals surface area contributed by atoms with Gasteiger partial charge in [0.05, 0.1) is 0 Å². The highest BCUT2D eigenvalue weighted by Gasteiger charge is 2.15. The SMILES string of the molecule is CC(CC1CCCCC1)NCc1[c]cccc1. The van der Waals surface area contributed by atoms with E-state index < -0.39 is 0 Å². The van der Waals surface area contributed by atoms with Crippen LogP contribution in [0.25, 0.3) is 0 Å². The summed E-state index contributed by atoms with van der Waals surface area (Å²) in [4.78, 5) is 0. The number of benzene rings is 1. The molecule has 1 aromatic carbocycles. The van der Waals surface area contributed by atoms with Gasteiger partial charge in [0.25, 0.3) is 0 Å². The number of rotatable bonds is 5. The fourth-order valence-corrected chi connectivity index (χ4v) is 2.83. The second kappa shape index (κ2) is 6.80. The van der Waals surface area contributed by atoms with E-state index in [2.05, 4.69) is 30.4 Å². The first kappa shape index (κ1) is 12.6. The second-order valence-electron chi connectivity index (χ2n) is 5.41. The van der Waals surface area contributed by atoms with Gasteiger partial charge >= 0.3 is 0 Å². The molecule has 0 amide bonds. The Morgan fingerprint density at radius 1 is 1.29 bits per heavy atom. The van der Waals surface area contributed by atoms with Gasteiger partial charge in [-0.15, -0.1) is 0 Å². The summed E-state index contributed by atoms with van der Waals surface area (Å²) in [5.74, 6) is 0.964. The minimum Gasteiger partial charge on any atom is -0.310 e. The Balaban J connectivity index is 1.68. The molecule has 1 atom stereocenters. The third kappa shape index (κ3) is 4.51. The molecule has 1 aliphatic rings. The van der Waals surface area contributed by atoms with Crippen LogP contribution in [0.5, 0.6) is 0 Å². The highest BCUT2D eigenvalue weighted by atomic mass is 14.9. The first-order chi connectivity index (χ1) is 8.34. The zero-order valence-corrected chi connectivity index (χ0v) is 10.9. The van der Waals surface area contributed by atoms with Crippen LogP contribution in [0, 0.1) is 12.0 Å². The molecule has 1 heteroatoms. The highest BCUT2D eigenvalue weighted by molar-refractivity contribution is 5.12. The molecule has 0 aliphatic heterocycles. The van der Waals surface area contributed by atoms with Crippen molar-refractivity contribution in [1.29, 1.82) is 0 Å². The van der Waals surface area contributed by atoms with Gasteiger partial charge in [-0.3, -0.25) is 0 Å². The van der Waals surface area contributed by atoms with Crippen LogP contribution in [0.1, 0.15) is 51.0 Å².